The van der Waals surface area contributed by atoms with E-state index in [1.807, 2.05) is 98.8 Å². The van der Waals surface area contributed by atoms with Gasteiger partial charge in [0.15, 0.2) is 5.76 Å². The summed E-state index contributed by atoms with van der Waals surface area (Å²) in [5.74, 6) is 0.696. The van der Waals surface area contributed by atoms with Gasteiger partial charge in [-0.1, -0.05) is 83.7 Å². The van der Waals surface area contributed by atoms with Gasteiger partial charge in [0, 0.05) is 22.9 Å². The van der Waals surface area contributed by atoms with Gasteiger partial charge in [-0.3, -0.25) is 0 Å². The third kappa shape index (κ3) is 11.8. The summed E-state index contributed by atoms with van der Waals surface area (Å²) in [5.41, 5.74) is 9.06. The van der Waals surface area contributed by atoms with Gasteiger partial charge in [-0.25, -0.2) is 0 Å². The molecule has 0 radical (unpaired) electrons. The van der Waals surface area contributed by atoms with E-state index in [0.717, 1.165) is 22.5 Å². The predicted octanol–water partition coefficient (Wildman–Crippen LogP) is 7.16. The summed E-state index contributed by atoms with van der Waals surface area (Å²) in [6, 6.07) is 1.89. The quantitative estimate of drug-likeness (QED) is 0.575. The van der Waals surface area contributed by atoms with Crippen LogP contribution in [0.2, 0.25) is 0 Å². The lowest BCUT2D eigenvalue weighted by Crippen LogP contribution is -1.90. The molecule has 0 bridgehead atoms. The standard InChI is InChI=1S/C16H20N2O.3C2H6/c1-5-8-14(9-6-2)15-11-16(19-18-15)13(7-3)10-12(4)17;3*1-2/h5-11H,1,17H2,2-4H3;3*1-2H3/b9-6-,12-10+,13-7+,14-8+;;;. The van der Waals surface area contributed by atoms with Crippen LogP contribution in [0.4, 0.5) is 0 Å². The van der Waals surface area contributed by atoms with Crippen molar-refractivity contribution >= 4 is 11.1 Å². The Balaban J connectivity index is -0.000000725. The highest BCUT2D eigenvalue weighted by Crippen LogP contribution is 2.22. The fourth-order valence-corrected chi connectivity index (χ4v) is 1.62. The molecule has 1 heterocycles. The maximum atomic E-state index is 5.69. The SMILES string of the molecule is C=C/C=C(\C=C/C)c1cc(C(/C=C(\C)N)=C/C)on1.CC.CC.CC. The van der Waals surface area contributed by atoms with E-state index in [1.54, 1.807) is 6.08 Å². The molecule has 3 heteroatoms. The maximum Gasteiger partial charge on any atom is 0.167 e. The van der Waals surface area contributed by atoms with E-state index in [1.165, 1.54) is 0 Å². The van der Waals surface area contributed by atoms with E-state index in [9.17, 15) is 0 Å². The minimum absolute atomic E-state index is 0.696. The van der Waals surface area contributed by atoms with Crippen LogP contribution in [-0.4, -0.2) is 5.16 Å². The van der Waals surface area contributed by atoms with Crippen LogP contribution in [0.3, 0.4) is 0 Å². The molecule has 142 valence electrons. The lowest BCUT2D eigenvalue weighted by atomic mass is 10.1. The van der Waals surface area contributed by atoms with Gasteiger partial charge < -0.3 is 10.3 Å². The molecule has 0 aliphatic heterocycles. The third-order valence-electron chi connectivity index (χ3n) is 2.43. The number of aromatic nitrogens is 1. The topological polar surface area (TPSA) is 52.0 Å². The largest absolute Gasteiger partial charge is 0.402 e. The molecule has 3 nitrogen and oxygen atoms in total. The molecule has 0 saturated heterocycles. The first-order valence-electron chi connectivity index (χ1n) is 9.15. The average molecular weight is 347 g/mol. The Morgan fingerprint density at radius 1 is 1.08 bits per heavy atom. The Morgan fingerprint density at radius 3 is 2.04 bits per heavy atom. The summed E-state index contributed by atoms with van der Waals surface area (Å²) in [5, 5.41) is 4.08. The second kappa shape index (κ2) is 19.8. The second-order valence-electron chi connectivity index (χ2n) is 4.07. The number of nitrogens with zero attached hydrogens (tertiary/aromatic N) is 1. The van der Waals surface area contributed by atoms with Crippen molar-refractivity contribution in [3.63, 3.8) is 0 Å². The van der Waals surface area contributed by atoms with Crippen LogP contribution in [0.5, 0.6) is 0 Å². The van der Waals surface area contributed by atoms with Crippen LogP contribution in [0.25, 0.3) is 11.1 Å². The van der Waals surface area contributed by atoms with Crippen LogP contribution < -0.4 is 5.73 Å². The lowest BCUT2D eigenvalue weighted by molar-refractivity contribution is 0.409. The fourth-order valence-electron chi connectivity index (χ4n) is 1.62. The first-order chi connectivity index (χ1) is 12.1. The summed E-state index contributed by atoms with van der Waals surface area (Å²) < 4.78 is 5.36. The van der Waals surface area contributed by atoms with E-state index in [0.29, 0.717) is 5.76 Å². The number of hydrogen-bond donors (Lipinski definition) is 1. The minimum Gasteiger partial charge on any atom is -0.402 e. The van der Waals surface area contributed by atoms with E-state index >= 15 is 0 Å². The molecule has 0 amide bonds. The van der Waals surface area contributed by atoms with E-state index in [4.69, 9.17) is 10.3 Å². The van der Waals surface area contributed by atoms with Crippen LogP contribution in [-0.2, 0) is 0 Å². The van der Waals surface area contributed by atoms with Crippen LogP contribution in [0.1, 0.15) is 73.8 Å². The van der Waals surface area contributed by atoms with Crippen LogP contribution in [0, 0.1) is 0 Å². The maximum absolute atomic E-state index is 5.69. The molecule has 0 aliphatic carbocycles. The van der Waals surface area contributed by atoms with E-state index in [-0.39, 0.29) is 0 Å². The number of nitrogens with two attached hydrogens (primary N) is 1. The molecule has 1 aromatic rings. The van der Waals surface area contributed by atoms with Crippen LogP contribution >= 0.6 is 0 Å². The molecule has 25 heavy (non-hydrogen) atoms. The number of allylic oxidation sites excluding steroid dienone is 9. The van der Waals surface area contributed by atoms with Crippen molar-refractivity contribution in [2.45, 2.75) is 62.3 Å². The molecule has 0 atom stereocenters. The van der Waals surface area contributed by atoms with Crippen LogP contribution in [0.15, 0.2) is 59.3 Å². The molecule has 0 fully saturated rings. The Kier molecular flexibility index (Phi) is 21.8. The highest BCUT2D eigenvalue weighted by molar-refractivity contribution is 5.77. The van der Waals surface area contributed by atoms with Crippen molar-refractivity contribution in [1.82, 2.24) is 5.16 Å². The molecule has 1 aromatic heterocycles. The molecular weight excluding hydrogens is 308 g/mol. The van der Waals surface area contributed by atoms with Gasteiger partial charge in [-0.15, -0.1) is 0 Å². The summed E-state index contributed by atoms with van der Waals surface area (Å²) in [6.45, 7) is 21.4. The molecule has 0 spiro atoms. The van der Waals surface area contributed by atoms with Gasteiger partial charge in [0.05, 0.1) is 0 Å². The minimum atomic E-state index is 0.696. The molecule has 2 N–H and O–H groups in total. The van der Waals surface area contributed by atoms with Crippen molar-refractivity contribution in [3.8, 4) is 0 Å². The Morgan fingerprint density at radius 2 is 1.64 bits per heavy atom. The summed E-state index contributed by atoms with van der Waals surface area (Å²) >= 11 is 0. The van der Waals surface area contributed by atoms with Gasteiger partial charge in [-0.2, -0.15) is 0 Å². The lowest BCUT2D eigenvalue weighted by Gasteiger charge is -1.96. The Labute approximate surface area is 155 Å². The zero-order valence-corrected chi connectivity index (χ0v) is 17.7. The van der Waals surface area contributed by atoms with Crippen molar-refractivity contribution in [3.05, 3.63) is 66.3 Å². The summed E-state index contributed by atoms with van der Waals surface area (Å²) in [7, 11) is 0. The zero-order chi connectivity index (χ0) is 20.3. The monoisotopic (exact) mass is 346 g/mol. The van der Waals surface area contributed by atoms with Gasteiger partial charge in [0.2, 0.25) is 0 Å². The molecule has 0 unspecified atom stereocenters. The molecule has 0 aliphatic rings. The Bertz CT molecular complexity index is 554. The first-order valence-corrected chi connectivity index (χ1v) is 9.15. The van der Waals surface area contributed by atoms with Crippen molar-refractivity contribution in [1.29, 1.82) is 0 Å². The third-order valence-corrected chi connectivity index (χ3v) is 2.43. The highest BCUT2D eigenvalue weighted by atomic mass is 16.5. The predicted molar refractivity (Wildman–Crippen MR) is 115 cm³/mol. The number of hydrogen-bond acceptors (Lipinski definition) is 3. The summed E-state index contributed by atoms with van der Waals surface area (Å²) in [4.78, 5) is 0. The van der Waals surface area contributed by atoms with Gasteiger partial charge >= 0.3 is 0 Å². The second-order valence-corrected chi connectivity index (χ2v) is 4.07. The van der Waals surface area contributed by atoms with Crippen molar-refractivity contribution in [2.24, 2.45) is 5.73 Å². The van der Waals surface area contributed by atoms with E-state index in [2.05, 4.69) is 11.7 Å². The Hall–Kier alpha value is -2.29. The first kappa shape index (κ1) is 27.6. The smallest absolute Gasteiger partial charge is 0.167 e. The van der Waals surface area contributed by atoms with Gasteiger partial charge in [0.25, 0.3) is 0 Å². The van der Waals surface area contributed by atoms with Gasteiger partial charge in [-0.05, 0) is 26.8 Å². The normalized spacial score (nSPS) is 11.5. The molecule has 0 aromatic carbocycles. The molecule has 1 rings (SSSR count). The summed E-state index contributed by atoms with van der Waals surface area (Å²) in [6.07, 6.45) is 11.3. The van der Waals surface area contributed by atoms with Crippen molar-refractivity contribution in [2.75, 3.05) is 0 Å². The number of rotatable bonds is 5. The van der Waals surface area contributed by atoms with Crippen molar-refractivity contribution < 1.29 is 4.52 Å². The highest BCUT2D eigenvalue weighted by Gasteiger charge is 2.09. The van der Waals surface area contributed by atoms with E-state index < -0.39 is 0 Å². The average Bonchev–Trinajstić information content (AvgIpc) is 3.14. The molecular formula is C22H38N2O. The van der Waals surface area contributed by atoms with Gasteiger partial charge in [0.1, 0.15) is 5.69 Å². The zero-order valence-electron chi connectivity index (χ0n) is 17.7. The fraction of sp³-hybridized carbons (Fsp3) is 0.409. The molecule has 0 saturated carbocycles.